The summed E-state index contributed by atoms with van der Waals surface area (Å²) in [7, 11) is 0. The van der Waals surface area contributed by atoms with Gasteiger partial charge in [0, 0.05) is 28.8 Å². The summed E-state index contributed by atoms with van der Waals surface area (Å²) in [4.78, 5) is 37.9. The van der Waals surface area contributed by atoms with Crippen molar-refractivity contribution in [2.24, 2.45) is 0 Å². The molecule has 4 aromatic rings. The van der Waals surface area contributed by atoms with Crippen LogP contribution in [0.1, 0.15) is 10.4 Å². The van der Waals surface area contributed by atoms with Gasteiger partial charge in [-0.1, -0.05) is 41.9 Å². The van der Waals surface area contributed by atoms with E-state index in [4.69, 9.17) is 11.6 Å². The van der Waals surface area contributed by atoms with Gasteiger partial charge in [0.1, 0.15) is 5.75 Å². The fourth-order valence-electron chi connectivity index (χ4n) is 3.74. The fourth-order valence-corrected chi connectivity index (χ4v) is 3.92. The van der Waals surface area contributed by atoms with Crippen molar-refractivity contribution in [3.05, 3.63) is 89.6 Å². The molecular formula is C26H20ClF3N4O5. The Kier molecular flexibility index (Phi) is 8.07. The van der Waals surface area contributed by atoms with Crippen molar-refractivity contribution < 1.29 is 37.4 Å². The zero-order valence-electron chi connectivity index (χ0n) is 19.8. The van der Waals surface area contributed by atoms with E-state index in [0.29, 0.717) is 15.9 Å². The standard InChI is InChI=1S/C26H20ClF3N4O5/c27-16-6-11-21-19(12-16)20(33-25(38)32-17-7-9-18(10-8-17)39-26(28,29)30)14-34(21)23(35)22(24(36)37)31-13-15-4-2-1-3-5-15/h1-12,14,22,31H,13H2,(H,36,37)(H2,32,33,38). The molecule has 0 spiro atoms. The van der Waals surface area contributed by atoms with Gasteiger partial charge < -0.3 is 20.5 Å². The molecule has 4 rings (SSSR count). The number of halogens is 4. The number of carbonyl (C=O) groups excluding carboxylic acids is 2. The minimum Gasteiger partial charge on any atom is -0.480 e. The van der Waals surface area contributed by atoms with Gasteiger partial charge in [0.05, 0.1) is 11.2 Å². The average Bonchev–Trinajstić information content (AvgIpc) is 3.22. The van der Waals surface area contributed by atoms with Crippen LogP contribution in [0.3, 0.4) is 0 Å². The topological polar surface area (TPSA) is 122 Å². The van der Waals surface area contributed by atoms with Gasteiger partial charge in [0.2, 0.25) is 0 Å². The molecule has 1 heterocycles. The first-order chi connectivity index (χ1) is 18.5. The summed E-state index contributed by atoms with van der Waals surface area (Å²) in [6.45, 7) is 0.120. The number of hydrogen-bond donors (Lipinski definition) is 4. The maximum absolute atomic E-state index is 13.3. The number of carboxylic acid groups (broad SMARTS) is 1. The number of rotatable bonds is 8. The minimum atomic E-state index is -4.85. The van der Waals surface area contributed by atoms with Crippen LogP contribution in [0, 0.1) is 0 Å². The van der Waals surface area contributed by atoms with Crippen LogP contribution >= 0.6 is 11.6 Å². The van der Waals surface area contributed by atoms with Crippen molar-refractivity contribution in [1.82, 2.24) is 9.88 Å². The lowest BCUT2D eigenvalue weighted by atomic mass is 10.2. The summed E-state index contributed by atoms with van der Waals surface area (Å²) >= 11 is 6.12. The SMILES string of the molecule is O=C(Nc1ccc(OC(F)(F)F)cc1)Nc1cn(C(=O)C(NCc2ccccc2)C(=O)O)c2ccc(Cl)cc12. The van der Waals surface area contributed by atoms with Crippen LogP contribution in [-0.2, 0) is 11.3 Å². The third-order valence-electron chi connectivity index (χ3n) is 5.44. The Balaban J connectivity index is 1.54. The van der Waals surface area contributed by atoms with Gasteiger partial charge in [-0.3, -0.25) is 14.7 Å². The third kappa shape index (κ3) is 7.06. The van der Waals surface area contributed by atoms with Crippen molar-refractivity contribution in [2.45, 2.75) is 18.9 Å². The second kappa shape index (κ2) is 11.5. The molecule has 202 valence electrons. The number of aromatic nitrogens is 1. The zero-order valence-corrected chi connectivity index (χ0v) is 20.6. The lowest BCUT2D eigenvalue weighted by molar-refractivity contribution is -0.274. The Labute approximate surface area is 224 Å². The van der Waals surface area contributed by atoms with E-state index in [0.717, 1.165) is 22.3 Å². The summed E-state index contributed by atoms with van der Waals surface area (Å²) in [6, 6.07) is 15.5. The first-order valence-electron chi connectivity index (χ1n) is 11.3. The number of anilines is 2. The number of urea groups is 1. The molecule has 0 aliphatic heterocycles. The van der Waals surface area contributed by atoms with Crippen molar-refractivity contribution in [1.29, 1.82) is 0 Å². The molecule has 1 unspecified atom stereocenters. The van der Waals surface area contributed by atoms with Crippen LogP contribution < -0.4 is 20.7 Å². The molecule has 2 amide bonds. The molecule has 0 aliphatic rings. The molecule has 9 nitrogen and oxygen atoms in total. The zero-order chi connectivity index (χ0) is 28.2. The molecule has 1 aromatic heterocycles. The third-order valence-corrected chi connectivity index (χ3v) is 5.68. The highest BCUT2D eigenvalue weighted by Crippen LogP contribution is 2.30. The van der Waals surface area contributed by atoms with Gasteiger partial charge in [0.25, 0.3) is 5.91 Å². The van der Waals surface area contributed by atoms with Crippen molar-refractivity contribution >= 4 is 51.8 Å². The molecule has 0 aliphatic carbocycles. The Morgan fingerprint density at radius 3 is 2.31 bits per heavy atom. The summed E-state index contributed by atoms with van der Waals surface area (Å²) < 4.78 is 41.9. The van der Waals surface area contributed by atoms with Crippen LogP contribution in [0.2, 0.25) is 5.02 Å². The van der Waals surface area contributed by atoms with Gasteiger partial charge in [-0.15, -0.1) is 13.2 Å². The molecule has 4 N–H and O–H groups in total. The molecule has 0 saturated carbocycles. The number of carboxylic acids is 1. The van der Waals surface area contributed by atoms with Crippen LogP contribution in [0.4, 0.5) is 29.3 Å². The minimum absolute atomic E-state index is 0.120. The summed E-state index contributed by atoms with van der Waals surface area (Å²) in [5.74, 6) is -2.66. The highest BCUT2D eigenvalue weighted by molar-refractivity contribution is 6.31. The molecule has 0 saturated heterocycles. The maximum Gasteiger partial charge on any atom is 0.573 e. The van der Waals surface area contributed by atoms with Crippen molar-refractivity contribution in [3.63, 3.8) is 0 Å². The van der Waals surface area contributed by atoms with E-state index < -0.39 is 36.1 Å². The maximum atomic E-state index is 13.3. The lowest BCUT2D eigenvalue weighted by Crippen LogP contribution is -2.45. The van der Waals surface area contributed by atoms with E-state index in [1.54, 1.807) is 24.3 Å². The number of hydrogen-bond acceptors (Lipinski definition) is 5. The van der Waals surface area contributed by atoms with Crippen LogP contribution in [-0.4, -0.2) is 40.0 Å². The van der Waals surface area contributed by atoms with Crippen LogP contribution in [0.15, 0.2) is 79.0 Å². The second-order valence-corrected chi connectivity index (χ2v) is 8.64. The predicted octanol–water partition coefficient (Wildman–Crippen LogP) is 5.72. The van der Waals surface area contributed by atoms with E-state index in [1.807, 2.05) is 6.07 Å². The lowest BCUT2D eigenvalue weighted by Gasteiger charge is -2.14. The van der Waals surface area contributed by atoms with Crippen molar-refractivity contribution in [3.8, 4) is 5.75 Å². The predicted molar refractivity (Wildman–Crippen MR) is 138 cm³/mol. The monoisotopic (exact) mass is 560 g/mol. The van der Waals surface area contributed by atoms with E-state index in [-0.39, 0.29) is 17.9 Å². The number of fused-ring (bicyclic) bond motifs is 1. The normalized spacial score (nSPS) is 12.1. The Bertz CT molecular complexity index is 1510. The van der Waals surface area contributed by atoms with Crippen molar-refractivity contribution in [2.75, 3.05) is 10.6 Å². The van der Waals surface area contributed by atoms with Gasteiger partial charge in [-0.2, -0.15) is 0 Å². The number of nitrogens with one attached hydrogen (secondary N) is 3. The summed E-state index contributed by atoms with van der Waals surface area (Å²) in [6.07, 6.45) is -3.58. The molecule has 13 heteroatoms. The van der Waals surface area contributed by atoms with E-state index in [9.17, 15) is 32.7 Å². The molecule has 0 fully saturated rings. The number of amides is 2. The first-order valence-corrected chi connectivity index (χ1v) is 11.7. The van der Waals surface area contributed by atoms with Crippen LogP contribution in [0.5, 0.6) is 5.75 Å². The van der Waals surface area contributed by atoms with Gasteiger partial charge in [-0.05, 0) is 48.0 Å². The molecule has 3 aromatic carbocycles. The average molecular weight is 561 g/mol. The summed E-state index contributed by atoms with van der Waals surface area (Å²) in [5.41, 5.74) is 1.37. The molecule has 0 bridgehead atoms. The number of benzene rings is 3. The highest BCUT2D eigenvalue weighted by atomic mass is 35.5. The van der Waals surface area contributed by atoms with Gasteiger partial charge >= 0.3 is 18.4 Å². The number of nitrogens with zero attached hydrogens (tertiary/aromatic N) is 1. The molecule has 1 atom stereocenters. The van der Waals surface area contributed by atoms with Gasteiger partial charge in [0.15, 0.2) is 6.04 Å². The number of ether oxygens (including phenoxy) is 1. The molecule has 0 radical (unpaired) electrons. The van der Waals surface area contributed by atoms with E-state index >= 15 is 0 Å². The Hall–Kier alpha value is -4.55. The van der Waals surface area contributed by atoms with Crippen LogP contribution in [0.25, 0.3) is 10.9 Å². The Morgan fingerprint density at radius 2 is 1.67 bits per heavy atom. The summed E-state index contributed by atoms with van der Waals surface area (Å²) in [5, 5.41) is 18.1. The molecule has 39 heavy (non-hydrogen) atoms. The van der Waals surface area contributed by atoms with E-state index in [2.05, 4.69) is 20.7 Å². The second-order valence-electron chi connectivity index (χ2n) is 8.20. The number of aliphatic carboxylic acids is 1. The Morgan fingerprint density at radius 1 is 0.974 bits per heavy atom. The largest absolute Gasteiger partial charge is 0.573 e. The quantitative estimate of drug-likeness (QED) is 0.205. The first kappa shape index (κ1) is 27.5. The fraction of sp³-hybridized carbons (Fsp3) is 0.115. The number of carbonyl (C=O) groups is 3. The van der Waals surface area contributed by atoms with E-state index in [1.165, 1.54) is 36.5 Å². The highest BCUT2D eigenvalue weighted by Gasteiger charge is 2.31. The van der Waals surface area contributed by atoms with Gasteiger partial charge in [-0.25, -0.2) is 9.59 Å². The smallest absolute Gasteiger partial charge is 0.480 e. The number of alkyl halides is 3. The molecular weight excluding hydrogens is 541 g/mol.